The average molecular weight is 421 g/mol. The number of hydrogen-bond acceptors (Lipinski definition) is 4. The molecule has 0 saturated heterocycles. The van der Waals surface area contributed by atoms with E-state index in [9.17, 15) is 14.9 Å². The first-order valence-corrected chi connectivity index (χ1v) is 9.96. The number of amides is 2. The average Bonchev–Trinajstić information content (AvgIpc) is 3.07. The van der Waals surface area contributed by atoms with Gasteiger partial charge in [0.15, 0.2) is 0 Å². The fraction of sp³-hybridized carbons (Fsp3) is 0.217. The minimum absolute atomic E-state index is 0.0850. The number of carbonyl (C=O) groups is 2. The molecule has 1 aliphatic rings. The molecule has 0 spiro atoms. The predicted molar refractivity (Wildman–Crippen MR) is 117 cm³/mol. The molecule has 0 bridgehead atoms. The van der Waals surface area contributed by atoms with Gasteiger partial charge < -0.3 is 10.6 Å². The van der Waals surface area contributed by atoms with Crippen LogP contribution in [0.1, 0.15) is 41.8 Å². The second kappa shape index (κ2) is 9.38. The standard InChI is InChI=1S/C23H21ClN4O2/c1-14(2)10-11-26-23(30)19(13-25)20-17-8-3-4-9-18(17)21(27-20)28-22(29)15-6-5-7-16(24)12-15/h3-9,12,14H,10-11H2,1-2H3,(H,26,30)(H,27,28,29). The Morgan fingerprint density at radius 1 is 1.13 bits per heavy atom. The maximum Gasteiger partial charge on any atom is 0.264 e. The molecule has 2 N–H and O–H groups in total. The van der Waals surface area contributed by atoms with Crippen molar-refractivity contribution < 1.29 is 9.59 Å². The lowest BCUT2D eigenvalue weighted by atomic mass is 10.0. The van der Waals surface area contributed by atoms with Crippen molar-refractivity contribution in [2.24, 2.45) is 10.9 Å². The highest BCUT2D eigenvalue weighted by atomic mass is 35.5. The number of halogens is 1. The van der Waals surface area contributed by atoms with Crippen LogP contribution in [0.4, 0.5) is 0 Å². The van der Waals surface area contributed by atoms with Gasteiger partial charge in [0.05, 0.1) is 5.70 Å². The lowest BCUT2D eigenvalue weighted by Gasteiger charge is -2.07. The first-order chi connectivity index (χ1) is 14.4. The van der Waals surface area contributed by atoms with Crippen LogP contribution in [0.5, 0.6) is 0 Å². The summed E-state index contributed by atoms with van der Waals surface area (Å²) in [7, 11) is 0. The van der Waals surface area contributed by atoms with Crippen LogP contribution in [-0.2, 0) is 4.79 Å². The van der Waals surface area contributed by atoms with E-state index in [1.165, 1.54) is 0 Å². The van der Waals surface area contributed by atoms with E-state index in [1.54, 1.807) is 48.5 Å². The van der Waals surface area contributed by atoms with Crippen molar-refractivity contribution in [3.8, 4) is 6.07 Å². The Hall–Kier alpha value is -3.43. The van der Waals surface area contributed by atoms with Gasteiger partial charge in [0.25, 0.3) is 11.8 Å². The van der Waals surface area contributed by atoms with Crippen LogP contribution in [0.3, 0.4) is 0 Å². The quantitative estimate of drug-likeness (QED) is 0.566. The summed E-state index contributed by atoms with van der Waals surface area (Å²) in [5, 5.41) is 15.6. The highest BCUT2D eigenvalue weighted by Crippen LogP contribution is 2.30. The SMILES string of the molecule is CC(C)CCNC(=O)C(C#N)=C1N=C(NC(=O)c2cccc(Cl)c2)c2ccccc21. The summed E-state index contributed by atoms with van der Waals surface area (Å²) in [6, 6.07) is 15.7. The minimum atomic E-state index is -0.478. The zero-order chi connectivity index (χ0) is 21.7. The molecule has 0 radical (unpaired) electrons. The van der Waals surface area contributed by atoms with E-state index in [2.05, 4.69) is 29.5 Å². The number of hydrogen-bond donors (Lipinski definition) is 2. The zero-order valence-corrected chi connectivity index (χ0v) is 17.5. The fourth-order valence-corrected chi connectivity index (χ4v) is 3.19. The first kappa shape index (κ1) is 21.3. The van der Waals surface area contributed by atoms with Crippen LogP contribution in [0.2, 0.25) is 5.02 Å². The molecular formula is C23H21ClN4O2. The van der Waals surface area contributed by atoms with Gasteiger partial charge in [-0.1, -0.05) is 55.8 Å². The van der Waals surface area contributed by atoms with Gasteiger partial charge >= 0.3 is 0 Å². The molecule has 0 saturated carbocycles. The number of nitriles is 1. The van der Waals surface area contributed by atoms with Crippen molar-refractivity contribution >= 4 is 34.9 Å². The summed E-state index contributed by atoms with van der Waals surface area (Å²) in [5.41, 5.74) is 1.81. The number of aliphatic imine (C=N–C) groups is 1. The fourth-order valence-electron chi connectivity index (χ4n) is 3.00. The van der Waals surface area contributed by atoms with Gasteiger partial charge in [-0.3, -0.25) is 9.59 Å². The van der Waals surface area contributed by atoms with E-state index >= 15 is 0 Å². The van der Waals surface area contributed by atoms with Crippen molar-refractivity contribution in [1.82, 2.24) is 10.6 Å². The Bertz CT molecular complexity index is 1100. The van der Waals surface area contributed by atoms with Crippen molar-refractivity contribution in [3.63, 3.8) is 0 Å². The summed E-state index contributed by atoms with van der Waals surface area (Å²) in [4.78, 5) is 29.6. The number of carbonyl (C=O) groups excluding carboxylic acids is 2. The van der Waals surface area contributed by atoms with Crippen LogP contribution in [-0.4, -0.2) is 24.2 Å². The van der Waals surface area contributed by atoms with Gasteiger partial charge in [0.1, 0.15) is 17.5 Å². The summed E-state index contributed by atoms with van der Waals surface area (Å²) >= 11 is 5.97. The molecule has 152 valence electrons. The summed E-state index contributed by atoms with van der Waals surface area (Å²) < 4.78 is 0. The highest BCUT2D eigenvalue weighted by molar-refractivity contribution is 6.31. The van der Waals surface area contributed by atoms with E-state index in [0.29, 0.717) is 34.2 Å². The second-order valence-corrected chi connectivity index (χ2v) is 7.68. The van der Waals surface area contributed by atoms with Gasteiger partial charge in [-0.25, -0.2) is 4.99 Å². The highest BCUT2D eigenvalue weighted by Gasteiger charge is 2.27. The predicted octanol–water partition coefficient (Wildman–Crippen LogP) is 3.93. The lowest BCUT2D eigenvalue weighted by molar-refractivity contribution is -0.117. The van der Waals surface area contributed by atoms with Gasteiger partial charge in [0.2, 0.25) is 0 Å². The molecule has 2 aromatic rings. The van der Waals surface area contributed by atoms with Crippen molar-refractivity contribution in [1.29, 1.82) is 5.26 Å². The number of amidine groups is 1. The van der Waals surface area contributed by atoms with Gasteiger partial charge in [-0.15, -0.1) is 0 Å². The normalized spacial score (nSPS) is 13.9. The van der Waals surface area contributed by atoms with Gasteiger partial charge in [0, 0.05) is 28.3 Å². The number of fused-ring (bicyclic) bond motifs is 1. The van der Waals surface area contributed by atoms with Crippen molar-refractivity contribution in [2.75, 3.05) is 6.54 Å². The van der Waals surface area contributed by atoms with Crippen LogP contribution in [0.15, 0.2) is 59.1 Å². The maximum absolute atomic E-state index is 12.6. The molecule has 3 rings (SSSR count). The monoisotopic (exact) mass is 420 g/mol. The van der Waals surface area contributed by atoms with Crippen molar-refractivity contribution in [2.45, 2.75) is 20.3 Å². The molecule has 7 heteroatoms. The molecule has 0 atom stereocenters. The summed E-state index contributed by atoms with van der Waals surface area (Å²) in [5.74, 6) is -0.142. The molecule has 0 aliphatic carbocycles. The van der Waals surface area contributed by atoms with E-state index < -0.39 is 5.91 Å². The smallest absolute Gasteiger partial charge is 0.264 e. The molecule has 6 nitrogen and oxygen atoms in total. The summed E-state index contributed by atoms with van der Waals surface area (Å²) in [6.07, 6.45) is 0.806. The zero-order valence-electron chi connectivity index (χ0n) is 16.7. The Labute approximate surface area is 180 Å². The molecule has 1 heterocycles. The van der Waals surface area contributed by atoms with Gasteiger partial charge in [-0.05, 0) is 30.5 Å². The molecule has 1 aliphatic heterocycles. The van der Waals surface area contributed by atoms with Crippen LogP contribution >= 0.6 is 11.6 Å². The molecule has 2 aromatic carbocycles. The Morgan fingerprint density at radius 3 is 2.53 bits per heavy atom. The number of benzene rings is 2. The van der Waals surface area contributed by atoms with E-state index in [1.807, 2.05) is 6.07 Å². The minimum Gasteiger partial charge on any atom is -0.351 e. The largest absolute Gasteiger partial charge is 0.351 e. The molecule has 0 fully saturated rings. The molecular weight excluding hydrogens is 400 g/mol. The Kier molecular flexibility index (Phi) is 6.65. The third-order valence-corrected chi connectivity index (χ3v) is 4.80. The van der Waals surface area contributed by atoms with Crippen LogP contribution in [0.25, 0.3) is 5.70 Å². The van der Waals surface area contributed by atoms with E-state index in [4.69, 9.17) is 11.6 Å². The lowest BCUT2D eigenvalue weighted by Crippen LogP contribution is -2.30. The molecule has 0 aromatic heterocycles. The third kappa shape index (κ3) is 4.76. The van der Waals surface area contributed by atoms with Crippen LogP contribution < -0.4 is 10.6 Å². The second-order valence-electron chi connectivity index (χ2n) is 7.24. The van der Waals surface area contributed by atoms with Crippen LogP contribution in [0, 0.1) is 17.2 Å². The first-order valence-electron chi connectivity index (χ1n) is 9.58. The number of nitrogens with zero attached hydrogens (tertiary/aromatic N) is 2. The molecule has 0 unspecified atom stereocenters. The molecule has 30 heavy (non-hydrogen) atoms. The topological polar surface area (TPSA) is 94.3 Å². The molecule has 2 amide bonds. The Balaban J connectivity index is 1.92. The summed E-state index contributed by atoms with van der Waals surface area (Å²) in [6.45, 7) is 4.59. The van der Waals surface area contributed by atoms with E-state index in [0.717, 1.165) is 6.42 Å². The Morgan fingerprint density at radius 2 is 1.87 bits per heavy atom. The van der Waals surface area contributed by atoms with E-state index in [-0.39, 0.29) is 23.0 Å². The maximum atomic E-state index is 12.6. The van der Waals surface area contributed by atoms with Crippen molar-refractivity contribution in [3.05, 3.63) is 75.8 Å². The number of nitrogens with one attached hydrogen (secondary N) is 2. The van der Waals surface area contributed by atoms with Gasteiger partial charge in [-0.2, -0.15) is 5.26 Å². The third-order valence-electron chi connectivity index (χ3n) is 4.56. The number of rotatable bonds is 5.